The van der Waals surface area contributed by atoms with Crippen LogP contribution in [0.5, 0.6) is 5.75 Å². The fourth-order valence-corrected chi connectivity index (χ4v) is 4.73. The van der Waals surface area contributed by atoms with E-state index < -0.39 is 24.4 Å². The molecule has 0 radical (unpaired) electrons. The number of nitrogens with zero attached hydrogens (tertiary/aromatic N) is 2. The zero-order chi connectivity index (χ0) is 28.0. The number of hydrogen-bond acceptors (Lipinski definition) is 6. The Labute approximate surface area is 220 Å². The zero-order valence-corrected chi connectivity index (χ0v) is 22.2. The van der Waals surface area contributed by atoms with Crippen LogP contribution in [-0.2, 0) is 19.1 Å². The number of amides is 3. The van der Waals surface area contributed by atoms with Gasteiger partial charge >= 0.3 is 6.18 Å². The maximum Gasteiger partial charge on any atom is 0.397 e. The average molecular weight is 544 g/mol. The summed E-state index contributed by atoms with van der Waals surface area (Å²) in [7, 11) is 3.13. The van der Waals surface area contributed by atoms with E-state index in [4.69, 9.17) is 14.2 Å². The van der Waals surface area contributed by atoms with Crippen molar-refractivity contribution >= 4 is 23.4 Å². The van der Waals surface area contributed by atoms with Crippen molar-refractivity contribution in [2.45, 2.75) is 51.4 Å². The van der Waals surface area contributed by atoms with Gasteiger partial charge in [-0.25, -0.2) is 0 Å². The second-order valence-corrected chi connectivity index (χ2v) is 10.0. The number of benzene rings is 1. The summed E-state index contributed by atoms with van der Waals surface area (Å²) in [6, 6.07) is 3.78. The van der Waals surface area contributed by atoms with E-state index in [2.05, 4.69) is 5.32 Å². The summed E-state index contributed by atoms with van der Waals surface area (Å²) in [5.41, 5.74) is 0.117. The fourth-order valence-electron chi connectivity index (χ4n) is 4.73. The van der Waals surface area contributed by atoms with Crippen molar-refractivity contribution in [3.8, 4) is 5.75 Å². The van der Waals surface area contributed by atoms with Gasteiger partial charge in [0, 0.05) is 58.0 Å². The van der Waals surface area contributed by atoms with Gasteiger partial charge in [0.25, 0.3) is 5.91 Å². The molecule has 0 unspecified atom stereocenters. The molecule has 2 heterocycles. The monoisotopic (exact) mass is 543 g/mol. The third-order valence-electron chi connectivity index (χ3n) is 6.94. The minimum absolute atomic E-state index is 0.0236. The number of halogens is 3. The van der Waals surface area contributed by atoms with E-state index in [1.165, 1.54) is 23.1 Å². The molecule has 3 atom stereocenters. The van der Waals surface area contributed by atoms with Gasteiger partial charge in [-0.2, -0.15) is 13.2 Å². The Morgan fingerprint density at radius 3 is 2.47 bits per heavy atom. The van der Waals surface area contributed by atoms with Crippen molar-refractivity contribution < 1.29 is 41.8 Å². The Kier molecular flexibility index (Phi) is 10.00. The fraction of sp³-hybridized carbons (Fsp3) is 0.654. The third-order valence-corrected chi connectivity index (χ3v) is 6.94. The van der Waals surface area contributed by atoms with Crippen LogP contribution in [-0.4, -0.2) is 92.9 Å². The number of likely N-dealkylation sites (N-methyl/N-ethyl adjacent to an activating group) is 1. The van der Waals surface area contributed by atoms with Crippen LogP contribution in [0.15, 0.2) is 18.2 Å². The first kappa shape index (κ1) is 29.7. The Morgan fingerprint density at radius 2 is 1.84 bits per heavy atom. The standard InChI is InChI=1S/C26H36F3N3O6/c1-16-13-32(24(34)18-7-9-37-10-8-18)17(2)15-38-21-6-5-19(30-23(33)12-26(27,28)29)11-20(21)25(35)31(3)14-22(16)36-4/h5-6,11,16-18,22H,7-10,12-15H2,1-4H3,(H,30,33)/t16-,17+,22+/m0/s1. The van der Waals surface area contributed by atoms with Gasteiger partial charge in [-0.15, -0.1) is 0 Å². The summed E-state index contributed by atoms with van der Waals surface area (Å²) in [6.45, 7) is 5.60. The lowest BCUT2D eigenvalue weighted by Gasteiger charge is -2.38. The van der Waals surface area contributed by atoms with Gasteiger partial charge in [0.15, 0.2) is 0 Å². The van der Waals surface area contributed by atoms with Crippen molar-refractivity contribution in [3.05, 3.63) is 23.8 Å². The highest BCUT2D eigenvalue weighted by molar-refractivity contribution is 5.99. The average Bonchev–Trinajstić information content (AvgIpc) is 2.87. The number of ether oxygens (including phenoxy) is 3. The predicted molar refractivity (Wildman–Crippen MR) is 133 cm³/mol. The number of carbonyl (C=O) groups excluding carboxylic acids is 3. The van der Waals surface area contributed by atoms with Gasteiger partial charge in [-0.3, -0.25) is 14.4 Å². The van der Waals surface area contributed by atoms with Crippen molar-refractivity contribution in [1.82, 2.24) is 9.80 Å². The van der Waals surface area contributed by atoms with Crippen LogP contribution in [0.4, 0.5) is 18.9 Å². The number of rotatable bonds is 4. The highest BCUT2D eigenvalue weighted by Gasteiger charge is 2.34. The molecule has 1 N–H and O–H groups in total. The second kappa shape index (κ2) is 12.8. The molecule has 9 nitrogen and oxygen atoms in total. The SMILES string of the molecule is CO[C@@H]1CN(C)C(=O)c2cc(NC(=O)CC(F)(F)F)ccc2OC[C@@H](C)N(C(=O)C2CCOCC2)C[C@@H]1C. The molecule has 2 aliphatic heterocycles. The Hall–Kier alpha value is -2.86. The quantitative estimate of drug-likeness (QED) is 0.626. The van der Waals surface area contributed by atoms with Gasteiger partial charge in [0.2, 0.25) is 11.8 Å². The molecule has 0 aromatic heterocycles. The topological polar surface area (TPSA) is 97.4 Å². The minimum Gasteiger partial charge on any atom is -0.491 e. The lowest BCUT2D eigenvalue weighted by Crippen LogP contribution is -2.50. The van der Waals surface area contributed by atoms with Gasteiger partial charge < -0.3 is 29.3 Å². The second-order valence-electron chi connectivity index (χ2n) is 10.0. The Balaban J connectivity index is 1.91. The molecule has 3 amide bonds. The zero-order valence-electron chi connectivity index (χ0n) is 22.2. The van der Waals surface area contributed by atoms with E-state index in [0.717, 1.165) is 0 Å². The van der Waals surface area contributed by atoms with Gasteiger partial charge in [-0.1, -0.05) is 6.92 Å². The molecule has 1 aromatic rings. The third kappa shape index (κ3) is 7.83. The van der Waals surface area contributed by atoms with Crippen LogP contribution >= 0.6 is 0 Å². The molecule has 1 aromatic carbocycles. The molecule has 1 saturated heterocycles. The van der Waals surface area contributed by atoms with Crippen molar-refractivity contribution in [1.29, 1.82) is 0 Å². The Bertz CT molecular complexity index is 999. The number of methoxy groups -OCH3 is 1. The van der Waals surface area contributed by atoms with Crippen molar-refractivity contribution in [2.24, 2.45) is 11.8 Å². The number of anilines is 1. The summed E-state index contributed by atoms with van der Waals surface area (Å²) in [6.07, 6.45) is -5.40. The van der Waals surface area contributed by atoms with E-state index in [1.54, 1.807) is 14.2 Å². The first-order valence-electron chi connectivity index (χ1n) is 12.7. The molecule has 2 aliphatic rings. The summed E-state index contributed by atoms with van der Waals surface area (Å²) in [5.74, 6) is -1.72. The van der Waals surface area contributed by atoms with E-state index >= 15 is 0 Å². The summed E-state index contributed by atoms with van der Waals surface area (Å²) >= 11 is 0. The van der Waals surface area contributed by atoms with Crippen LogP contribution in [0.25, 0.3) is 0 Å². The normalized spacial score (nSPS) is 24.1. The summed E-state index contributed by atoms with van der Waals surface area (Å²) < 4.78 is 54.9. The van der Waals surface area contributed by atoms with E-state index in [9.17, 15) is 27.6 Å². The largest absolute Gasteiger partial charge is 0.491 e. The van der Waals surface area contributed by atoms with Crippen LogP contribution < -0.4 is 10.1 Å². The summed E-state index contributed by atoms with van der Waals surface area (Å²) in [5, 5.41) is 2.19. The molecular formula is C26H36F3N3O6. The lowest BCUT2D eigenvalue weighted by molar-refractivity contribution is -0.150. The molecule has 212 valence electrons. The molecular weight excluding hydrogens is 507 g/mol. The molecule has 1 fully saturated rings. The maximum absolute atomic E-state index is 13.5. The lowest BCUT2D eigenvalue weighted by atomic mass is 9.95. The van der Waals surface area contributed by atoms with E-state index in [1.807, 2.05) is 18.7 Å². The van der Waals surface area contributed by atoms with E-state index in [-0.39, 0.29) is 60.0 Å². The minimum atomic E-state index is -4.66. The molecule has 0 saturated carbocycles. The van der Waals surface area contributed by atoms with E-state index in [0.29, 0.717) is 32.6 Å². The predicted octanol–water partition coefficient (Wildman–Crippen LogP) is 3.34. The van der Waals surface area contributed by atoms with Crippen molar-refractivity contribution in [2.75, 3.05) is 52.4 Å². The number of alkyl halides is 3. The number of fused-ring (bicyclic) bond motifs is 1. The number of carbonyl (C=O) groups is 3. The molecule has 3 rings (SSSR count). The smallest absolute Gasteiger partial charge is 0.397 e. The number of hydrogen-bond donors (Lipinski definition) is 1. The molecule has 0 bridgehead atoms. The van der Waals surface area contributed by atoms with Gasteiger partial charge in [0.05, 0.1) is 17.7 Å². The van der Waals surface area contributed by atoms with Crippen molar-refractivity contribution in [3.63, 3.8) is 0 Å². The van der Waals surface area contributed by atoms with Crippen LogP contribution in [0.3, 0.4) is 0 Å². The van der Waals surface area contributed by atoms with Gasteiger partial charge in [-0.05, 0) is 38.0 Å². The summed E-state index contributed by atoms with van der Waals surface area (Å²) in [4.78, 5) is 42.0. The maximum atomic E-state index is 13.5. The first-order chi connectivity index (χ1) is 17.9. The molecule has 38 heavy (non-hydrogen) atoms. The van der Waals surface area contributed by atoms with Gasteiger partial charge in [0.1, 0.15) is 18.8 Å². The van der Waals surface area contributed by atoms with Crippen LogP contribution in [0.2, 0.25) is 0 Å². The number of nitrogens with one attached hydrogen (secondary N) is 1. The highest BCUT2D eigenvalue weighted by atomic mass is 19.4. The molecule has 0 spiro atoms. The molecule has 0 aliphatic carbocycles. The van der Waals surface area contributed by atoms with Crippen LogP contribution in [0.1, 0.15) is 43.5 Å². The Morgan fingerprint density at radius 1 is 1.16 bits per heavy atom. The molecule has 12 heteroatoms. The first-order valence-corrected chi connectivity index (χ1v) is 12.7. The van der Waals surface area contributed by atoms with Crippen LogP contribution in [0, 0.1) is 11.8 Å². The highest BCUT2D eigenvalue weighted by Crippen LogP contribution is 2.28.